The van der Waals surface area contributed by atoms with Gasteiger partial charge in [0, 0.05) is 38.1 Å². The number of nitrogens with zero attached hydrogens (tertiary/aromatic N) is 3. The molecule has 0 bridgehead atoms. The van der Waals surface area contributed by atoms with E-state index in [0.717, 1.165) is 63.0 Å². The smallest absolute Gasteiger partial charge is 0.226 e. The van der Waals surface area contributed by atoms with Crippen LogP contribution < -0.4 is 0 Å². The molecule has 1 heterocycles. The van der Waals surface area contributed by atoms with Gasteiger partial charge >= 0.3 is 0 Å². The van der Waals surface area contributed by atoms with Crippen LogP contribution >= 0.6 is 0 Å². The Bertz CT molecular complexity index is 1000. The minimum absolute atomic E-state index is 0.132. The highest BCUT2D eigenvalue weighted by Crippen LogP contribution is 2.31. The van der Waals surface area contributed by atoms with E-state index < -0.39 is 0 Å². The molecule has 174 valence electrons. The van der Waals surface area contributed by atoms with Crippen LogP contribution in [-0.4, -0.2) is 41.9 Å². The predicted octanol–water partition coefficient (Wildman–Crippen LogP) is 5.44. The molecule has 4 heteroatoms. The van der Waals surface area contributed by atoms with Gasteiger partial charge in [0.15, 0.2) is 0 Å². The van der Waals surface area contributed by atoms with E-state index in [2.05, 4.69) is 59.2 Å². The fourth-order valence-electron chi connectivity index (χ4n) is 5.59. The van der Waals surface area contributed by atoms with Crippen LogP contribution in [0.4, 0.5) is 0 Å². The van der Waals surface area contributed by atoms with Crippen molar-refractivity contribution in [1.29, 1.82) is 5.26 Å². The number of hydrogen-bond donors (Lipinski definition) is 0. The Kier molecular flexibility index (Phi) is 7.83. The lowest BCUT2D eigenvalue weighted by atomic mass is 9.83. The van der Waals surface area contributed by atoms with Gasteiger partial charge in [-0.25, -0.2) is 0 Å². The first-order valence-corrected chi connectivity index (χ1v) is 12.7. The number of carbonyl (C=O) groups is 1. The molecule has 2 aromatic carbocycles. The number of amides is 1. The number of rotatable bonds is 7. The molecule has 2 aliphatic rings. The highest BCUT2D eigenvalue weighted by Gasteiger charge is 2.32. The Balaban J connectivity index is 1.40. The molecule has 4 rings (SSSR count). The molecule has 0 N–H and O–H groups in total. The average molecular weight is 444 g/mol. The van der Waals surface area contributed by atoms with Crippen LogP contribution in [0.2, 0.25) is 0 Å². The van der Waals surface area contributed by atoms with E-state index in [0.29, 0.717) is 11.9 Å². The summed E-state index contributed by atoms with van der Waals surface area (Å²) >= 11 is 0. The summed E-state index contributed by atoms with van der Waals surface area (Å²) in [6, 6.07) is 17.6. The van der Waals surface area contributed by atoms with Crippen LogP contribution in [0.1, 0.15) is 72.9 Å². The Morgan fingerprint density at radius 3 is 2.55 bits per heavy atom. The molecular formula is C29H37N3O. The van der Waals surface area contributed by atoms with Gasteiger partial charge in [0.1, 0.15) is 0 Å². The molecule has 0 saturated carbocycles. The summed E-state index contributed by atoms with van der Waals surface area (Å²) in [5.41, 5.74) is 5.90. The SMILES string of the molecule is CCCCCC(c1ccc(C#N)c(C)c1)N1CCN(C(=O)C2CCc3ccccc3C2)CC1. The lowest BCUT2D eigenvalue weighted by Crippen LogP contribution is -2.51. The number of piperazine rings is 1. The number of benzene rings is 2. The van der Waals surface area contributed by atoms with Gasteiger partial charge in [-0.2, -0.15) is 5.26 Å². The van der Waals surface area contributed by atoms with Crippen molar-refractivity contribution in [3.8, 4) is 6.07 Å². The normalized spacial score (nSPS) is 19.5. The van der Waals surface area contributed by atoms with Crippen LogP contribution in [0.3, 0.4) is 0 Å². The Labute approximate surface area is 199 Å². The lowest BCUT2D eigenvalue weighted by molar-refractivity contribution is -0.138. The van der Waals surface area contributed by atoms with Gasteiger partial charge in [-0.05, 0) is 60.9 Å². The summed E-state index contributed by atoms with van der Waals surface area (Å²) < 4.78 is 0. The van der Waals surface area contributed by atoms with E-state index in [1.165, 1.54) is 36.0 Å². The quantitative estimate of drug-likeness (QED) is 0.536. The third kappa shape index (κ3) is 5.47. The molecule has 1 saturated heterocycles. The summed E-state index contributed by atoms with van der Waals surface area (Å²) in [6.45, 7) is 7.75. The minimum Gasteiger partial charge on any atom is -0.340 e. The second-order valence-corrected chi connectivity index (χ2v) is 9.77. The second kappa shape index (κ2) is 11.0. The van der Waals surface area contributed by atoms with E-state index in [-0.39, 0.29) is 5.92 Å². The molecule has 1 fully saturated rings. The van der Waals surface area contributed by atoms with Crippen molar-refractivity contribution in [1.82, 2.24) is 9.80 Å². The van der Waals surface area contributed by atoms with Crippen molar-refractivity contribution in [2.45, 2.75) is 64.8 Å². The summed E-state index contributed by atoms with van der Waals surface area (Å²) in [5.74, 6) is 0.480. The zero-order chi connectivity index (χ0) is 23.2. The molecule has 4 nitrogen and oxygen atoms in total. The average Bonchev–Trinajstić information content (AvgIpc) is 2.86. The maximum Gasteiger partial charge on any atom is 0.226 e. The molecule has 2 unspecified atom stereocenters. The second-order valence-electron chi connectivity index (χ2n) is 9.77. The van der Waals surface area contributed by atoms with E-state index in [4.69, 9.17) is 0 Å². The lowest BCUT2D eigenvalue weighted by Gasteiger charge is -2.41. The van der Waals surface area contributed by atoms with Crippen molar-refractivity contribution in [2.24, 2.45) is 5.92 Å². The van der Waals surface area contributed by atoms with Gasteiger partial charge in [-0.3, -0.25) is 9.69 Å². The number of aryl methyl sites for hydroxylation is 2. The van der Waals surface area contributed by atoms with Crippen LogP contribution in [0.15, 0.2) is 42.5 Å². The number of fused-ring (bicyclic) bond motifs is 1. The Morgan fingerprint density at radius 2 is 1.85 bits per heavy atom. The first kappa shape index (κ1) is 23.5. The van der Waals surface area contributed by atoms with Crippen molar-refractivity contribution in [3.63, 3.8) is 0 Å². The van der Waals surface area contributed by atoms with Gasteiger partial charge in [0.05, 0.1) is 11.6 Å². The summed E-state index contributed by atoms with van der Waals surface area (Å²) in [6.07, 6.45) is 7.68. The number of unbranched alkanes of at least 4 members (excludes halogenated alkanes) is 2. The fourth-order valence-corrected chi connectivity index (χ4v) is 5.59. The highest BCUT2D eigenvalue weighted by atomic mass is 16.2. The molecule has 1 aliphatic carbocycles. The monoisotopic (exact) mass is 443 g/mol. The zero-order valence-electron chi connectivity index (χ0n) is 20.2. The van der Waals surface area contributed by atoms with Gasteiger partial charge in [0.25, 0.3) is 0 Å². The van der Waals surface area contributed by atoms with E-state index >= 15 is 0 Å². The molecule has 0 aromatic heterocycles. The number of hydrogen-bond acceptors (Lipinski definition) is 3. The van der Waals surface area contributed by atoms with E-state index in [1.54, 1.807) is 0 Å². The molecular weight excluding hydrogens is 406 g/mol. The summed E-state index contributed by atoms with van der Waals surface area (Å²) in [4.78, 5) is 18.0. The molecule has 0 radical (unpaired) electrons. The Hall–Kier alpha value is -2.64. The molecule has 0 spiro atoms. The van der Waals surface area contributed by atoms with Crippen molar-refractivity contribution < 1.29 is 4.79 Å². The van der Waals surface area contributed by atoms with Crippen LogP contribution in [0.25, 0.3) is 0 Å². The van der Waals surface area contributed by atoms with Gasteiger partial charge in [-0.1, -0.05) is 62.6 Å². The highest BCUT2D eigenvalue weighted by molar-refractivity contribution is 5.79. The molecule has 1 aliphatic heterocycles. The summed E-state index contributed by atoms with van der Waals surface area (Å²) in [5, 5.41) is 9.31. The van der Waals surface area contributed by atoms with Crippen LogP contribution in [0.5, 0.6) is 0 Å². The van der Waals surface area contributed by atoms with E-state index in [9.17, 15) is 10.1 Å². The Morgan fingerprint density at radius 1 is 1.09 bits per heavy atom. The van der Waals surface area contributed by atoms with Crippen LogP contribution in [-0.2, 0) is 17.6 Å². The fraction of sp³-hybridized carbons (Fsp3) is 0.517. The van der Waals surface area contributed by atoms with Gasteiger partial charge in [-0.15, -0.1) is 0 Å². The largest absolute Gasteiger partial charge is 0.340 e. The van der Waals surface area contributed by atoms with E-state index in [1.807, 2.05) is 13.0 Å². The number of nitriles is 1. The minimum atomic E-state index is 0.132. The third-order valence-electron chi connectivity index (χ3n) is 7.60. The molecule has 2 aromatic rings. The van der Waals surface area contributed by atoms with Crippen molar-refractivity contribution in [2.75, 3.05) is 26.2 Å². The van der Waals surface area contributed by atoms with Gasteiger partial charge in [0.2, 0.25) is 5.91 Å². The maximum absolute atomic E-state index is 13.3. The third-order valence-corrected chi connectivity index (χ3v) is 7.60. The van der Waals surface area contributed by atoms with Crippen LogP contribution in [0, 0.1) is 24.2 Å². The zero-order valence-corrected chi connectivity index (χ0v) is 20.2. The molecule has 1 amide bonds. The maximum atomic E-state index is 13.3. The van der Waals surface area contributed by atoms with Crippen molar-refractivity contribution >= 4 is 5.91 Å². The first-order valence-electron chi connectivity index (χ1n) is 12.7. The topological polar surface area (TPSA) is 47.3 Å². The molecule has 33 heavy (non-hydrogen) atoms. The first-order chi connectivity index (χ1) is 16.1. The summed E-state index contributed by atoms with van der Waals surface area (Å²) in [7, 11) is 0. The van der Waals surface area contributed by atoms with Crippen molar-refractivity contribution in [3.05, 3.63) is 70.3 Å². The van der Waals surface area contributed by atoms with Gasteiger partial charge < -0.3 is 4.90 Å². The number of carbonyl (C=O) groups excluding carboxylic acids is 1. The standard InChI is InChI=1S/C29H37N3O/c1-3-4-5-10-28(25-12-14-27(21-30)22(2)19-25)31-15-17-32(18-16-31)29(33)26-13-11-23-8-6-7-9-24(23)20-26/h6-9,12,14,19,26,28H,3-5,10-11,13,15-18,20H2,1-2H3. The molecule has 2 atom stereocenters. The predicted molar refractivity (Wildman–Crippen MR) is 133 cm³/mol.